The van der Waals surface area contributed by atoms with Crippen LogP contribution in [0.3, 0.4) is 0 Å². The van der Waals surface area contributed by atoms with E-state index in [0.29, 0.717) is 0 Å². The average molecular weight is 331 g/mol. The van der Waals surface area contributed by atoms with Crippen LogP contribution in [0.25, 0.3) is 11.1 Å². The standard InChI is InChI=1S/C13H6BrF3O2/c14-9-3-4-10(16)11(12(9)17)8-5-6(15)1-2-7(8)13(18)19/h1-5H,(H,18,19). The molecule has 2 nitrogen and oxygen atoms in total. The van der Waals surface area contributed by atoms with Gasteiger partial charge < -0.3 is 5.11 Å². The Balaban J connectivity index is 2.82. The van der Waals surface area contributed by atoms with Crippen LogP contribution in [-0.4, -0.2) is 11.1 Å². The van der Waals surface area contributed by atoms with Gasteiger partial charge in [0.25, 0.3) is 0 Å². The predicted octanol–water partition coefficient (Wildman–Crippen LogP) is 4.23. The molecule has 2 aromatic carbocycles. The normalized spacial score (nSPS) is 10.5. The van der Waals surface area contributed by atoms with Gasteiger partial charge in [-0.3, -0.25) is 0 Å². The van der Waals surface area contributed by atoms with E-state index in [0.717, 1.165) is 30.3 Å². The van der Waals surface area contributed by atoms with Crippen LogP contribution >= 0.6 is 15.9 Å². The molecule has 0 saturated heterocycles. The van der Waals surface area contributed by atoms with Crippen molar-refractivity contribution in [3.63, 3.8) is 0 Å². The van der Waals surface area contributed by atoms with Crippen molar-refractivity contribution in [1.29, 1.82) is 0 Å². The number of aromatic carboxylic acids is 1. The second-order valence-electron chi connectivity index (χ2n) is 3.71. The number of carboxylic acid groups (broad SMARTS) is 1. The lowest BCUT2D eigenvalue weighted by Crippen LogP contribution is -2.03. The number of carbonyl (C=O) groups is 1. The molecule has 0 radical (unpaired) electrons. The Labute approximate surface area is 114 Å². The molecule has 0 spiro atoms. The summed E-state index contributed by atoms with van der Waals surface area (Å²) in [4.78, 5) is 11.0. The molecule has 0 aliphatic heterocycles. The van der Waals surface area contributed by atoms with E-state index in [1.807, 2.05) is 0 Å². The zero-order valence-corrected chi connectivity index (χ0v) is 10.8. The number of benzene rings is 2. The van der Waals surface area contributed by atoms with Crippen molar-refractivity contribution in [2.45, 2.75) is 0 Å². The maximum atomic E-state index is 13.9. The Bertz CT molecular complexity index is 671. The molecule has 2 rings (SSSR count). The highest BCUT2D eigenvalue weighted by atomic mass is 79.9. The minimum atomic E-state index is -1.39. The first-order chi connectivity index (χ1) is 8.91. The maximum absolute atomic E-state index is 13.9. The fourth-order valence-electron chi connectivity index (χ4n) is 1.68. The van der Waals surface area contributed by atoms with E-state index in [-0.39, 0.29) is 15.6 Å². The molecule has 0 aliphatic carbocycles. The minimum absolute atomic E-state index is 0.0375. The second kappa shape index (κ2) is 5.05. The molecule has 0 saturated carbocycles. The summed E-state index contributed by atoms with van der Waals surface area (Å²) < 4.78 is 40.8. The van der Waals surface area contributed by atoms with E-state index < -0.39 is 29.0 Å². The monoisotopic (exact) mass is 330 g/mol. The third kappa shape index (κ3) is 2.49. The van der Waals surface area contributed by atoms with Gasteiger partial charge in [-0.2, -0.15) is 0 Å². The van der Waals surface area contributed by atoms with E-state index in [9.17, 15) is 18.0 Å². The molecule has 6 heteroatoms. The summed E-state index contributed by atoms with van der Waals surface area (Å²) in [6.07, 6.45) is 0. The number of carboxylic acids is 1. The lowest BCUT2D eigenvalue weighted by Gasteiger charge is -2.10. The summed E-state index contributed by atoms with van der Waals surface area (Å²) in [6, 6.07) is 4.79. The summed E-state index contributed by atoms with van der Waals surface area (Å²) in [7, 11) is 0. The zero-order valence-electron chi connectivity index (χ0n) is 9.25. The van der Waals surface area contributed by atoms with Gasteiger partial charge in [-0.1, -0.05) is 0 Å². The van der Waals surface area contributed by atoms with Crippen LogP contribution in [0.15, 0.2) is 34.8 Å². The summed E-state index contributed by atoms with van der Waals surface area (Å²) >= 11 is 2.87. The number of rotatable bonds is 2. The molecule has 0 amide bonds. The van der Waals surface area contributed by atoms with Crippen molar-refractivity contribution in [3.8, 4) is 11.1 Å². The van der Waals surface area contributed by atoms with Crippen LogP contribution in [0, 0.1) is 17.5 Å². The van der Waals surface area contributed by atoms with Crippen LogP contribution in [0.1, 0.15) is 10.4 Å². The molecule has 19 heavy (non-hydrogen) atoms. The molecule has 0 aliphatic rings. The van der Waals surface area contributed by atoms with Gasteiger partial charge in [0.15, 0.2) is 0 Å². The van der Waals surface area contributed by atoms with Crippen LogP contribution in [0.5, 0.6) is 0 Å². The van der Waals surface area contributed by atoms with E-state index in [4.69, 9.17) is 5.11 Å². The average Bonchev–Trinajstić information content (AvgIpc) is 2.34. The largest absolute Gasteiger partial charge is 0.478 e. The van der Waals surface area contributed by atoms with Crippen LogP contribution < -0.4 is 0 Å². The van der Waals surface area contributed by atoms with Gasteiger partial charge in [0.2, 0.25) is 0 Å². The Hall–Kier alpha value is -1.82. The lowest BCUT2D eigenvalue weighted by atomic mass is 9.98. The van der Waals surface area contributed by atoms with Crippen molar-refractivity contribution in [2.75, 3.05) is 0 Å². The molecule has 1 N–H and O–H groups in total. The minimum Gasteiger partial charge on any atom is -0.478 e. The van der Waals surface area contributed by atoms with Crippen LogP contribution in [0.4, 0.5) is 13.2 Å². The highest BCUT2D eigenvalue weighted by molar-refractivity contribution is 9.10. The van der Waals surface area contributed by atoms with Gasteiger partial charge in [-0.15, -0.1) is 0 Å². The highest BCUT2D eigenvalue weighted by Crippen LogP contribution is 2.33. The molecule has 0 fully saturated rings. The molecule has 0 aromatic heterocycles. The predicted molar refractivity (Wildman–Crippen MR) is 66.4 cm³/mol. The van der Waals surface area contributed by atoms with Gasteiger partial charge in [0, 0.05) is 5.56 Å². The van der Waals surface area contributed by atoms with E-state index >= 15 is 0 Å². The Kier molecular flexibility index (Phi) is 3.61. The first-order valence-corrected chi connectivity index (χ1v) is 5.88. The third-order valence-electron chi connectivity index (χ3n) is 2.53. The molecular formula is C13H6BrF3O2. The van der Waals surface area contributed by atoms with Crippen molar-refractivity contribution in [3.05, 3.63) is 57.8 Å². The van der Waals surface area contributed by atoms with Gasteiger partial charge >= 0.3 is 5.97 Å². The SMILES string of the molecule is O=C(O)c1ccc(F)cc1-c1c(F)ccc(Br)c1F. The zero-order chi connectivity index (χ0) is 14.2. The first-order valence-electron chi connectivity index (χ1n) is 5.08. The Morgan fingerprint density at radius 3 is 2.42 bits per heavy atom. The topological polar surface area (TPSA) is 37.3 Å². The fraction of sp³-hybridized carbons (Fsp3) is 0. The van der Waals surface area contributed by atoms with Gasteiger partial charge in [-0.05, 0) is 46.3 Å². The van der Waals surface area contributed by atoms with Gasteiger partial charge in [0.05, 0.1) is 15.6 Å². The quantitative estimate of drug-likeness (QED) is 0.836. The van der Waals surface area contributed by atoms with Crippen molar-refractivity contribution < 1.29 is 23.1 Å². The van der Waals surface area contributed by atoms with E-state index in [2.05, 4.69) is 15.9 Å². The van der Waals surface area contributed by atoms with Gasteiger partial charge in [0.1, 0.15) is 17.5 Å². The Morgan fingerprint density at radius 2 is 1.79 bits per heavy atom. The van der Waals surface area contributed by atoms with Crippen molar-refractivity contribution >= 4 is 21.9 Å². The summed E-state index contributed by atoms with van der Waals surface area (Å²) in [5, 5.41) is 8.99. The fourth-order valence-corrected chi connectivity index (χ4v) is 2.01. The van der Waals surface area contributed by atoms with Crippen molar-refractivity contribution in [1.82, 2.24) is 0 Å². The molecule has 0 atom stereocenters. The smallest absolute Gasteiger partial charge is 0.336 e. The Morgan fingerprint density at radius 1 is 1.11 bits per heavy atom. The first kappa shape index (κ1) is 13.6. The molecule has 2 aromatic rings. The van der Waals surface area contributed by atoms with E-state index in [1.165, 1.54) is 0 Å². The van der Waals surface area contributed by atoms with Gasteiger partial charge in [-0.25, -0.2) is 18.0 Å². The number of hydrogen-bond donors (Lipinski definition) is 1. The molecular weight excluding hydrogens is 325 g/mol. The summed E-state index contributed by atoms with van der Waals surface area (Å²) in [5.74, 6) is -4.12. The third-order valence-corrected chi connectivity index (χ3v) is 3.14. The van der Waals surface area contributed by atoms with Crippen LogP contribution in [-0.2, 0) is 0 Å². The van der Waals surface area contributed by atoms with Crippen molar-refractivity contribution in [2.24, 2.45) is 0 Å². The molecule has 0 bridgehead atoms. The second-order valence-corrected chi connectivity index (χ2v) is 4.57. The number of halogens is 4. The number of hydrogen-bond acceptors (Lipinski definition) is 1. The highest BCUT2D eigenvalue weighted by Gasteiger charge is 2.20. The maximum Gasteiger partial charge on any atom is 0.336 e. The molecule has 0 unspecified atom stereocenters. The van der Waals surface area contributed by atoms with E-state index in [1.54, 1.807) is 0 Å². The van der Waals surface area contributed by atoms with Crippen LogP contribution in [0.2, 0.25) is 0 Å². The molecule has 0 heterocycles. The summed E-state index contributed by atoms with van der Waals surface area (Å²) in [6.45, 7) is 0. The lowest BCUT2D eigenvalue weighted by molar-refractivity contribution is 0.0697. The molecule has 98 valence electrons. The summed E-state index contributed by atoms with van der Waals surface area (Å²) in [5.41, 5.74) is -1.30.